The Kier molecular flexibility index (Phi) is 8.90. The molecule has 0 saturated heterocycles. The number of nitrogens with zero attached hydrogens (tertiary/aromatic N) is 3. The number of guanidine groups is 1. The zero-order chi connectivity index (χ0) is 20.6. The van der Waals surface area contributed by atoms with Gasteiger partial charge in [0.15, 0.2) is 17.5 Å². The van der Waals surface area contributed by atoms with Crippen molar-refractivity contribution in [3.8, 4) is 17.2 Å². The smallest absolute Gasteiger partial charge is 0.191 e. The first kappa shape index (κ1) is 23.5. The number of imidazole rings is 1. The molecule has 3 rings (SSSR count). The molecular formula is C21H25FIN5O2. The van der Waals surface area contributed by atoms with Crippen molar-refractivity contribution in [2.24, 2.45) is 4.99 Å². The summed E-state index contributed by atoms with van der Waals surface area (Å²) in [4.78, 5) is 8.15. The second-order valence-electron chi connectivity index (χ2n) is 6.22. The second kappa shape index (κ2) is 11.4. The monoisotopic (exact) mass is 525 g/mol. The van der Waals surface area contributed by atoms with Crippen molar-refractivity contribution in [1.82, 2.24) is 20.2 Å². The fourth-order valence-corrected chi connectivity index (χ4v) is 2.85. The Labute approximate surface area is 192 Å². The summed E-state index contributed by atoms with van der Waals surface area (Å²) in [6, 6.07) is 10.8. The van der Waals surface area contributed by atoms with Gasteiger partial charge in [-0.25, -0.2) is 9.37 Å². The molecule has 0 spiro atoms. The Bertz CT molecular complexity index is 980. The lowest BCUT2D eigenvalue weighted by atomic mass is 10.2. The fourth-order valence-electron chi connectivity index (χ4n) is 2.85. The van der Waals surface area contributed by atoms with Gasteiger partial charge in [0.2, 0.25) is 0 Å². The van der Waals surface area contributed by atoms with Crippen LogP contribution in [-0.4, -0.2) is 36.8 Å². The maximum Gasteiger partial charge on any atom is 0.191 e. The average molecular weight is 525 g/mol. The van der Waals surface area contributed by atoms with Gasteiger partial charge in [-0.1, -0.05) is 12.1 Å². The molecule has 160 valence electrons. The van der Waals surface area contributed by atoms with Crippen LogP contribution in [0.15, 0.2) is 60.1 Å². The highest BCUT2D eigenvalue weighted by atomic mass is 127. The first-order valence-corrected chi connectivity index (χ1v) is 9.06. The van der Waals surface area contributed by atoms with E-state index in [2.05, 4.69) is 20.6 Å². The van der Waals surface area contributed by atoms with E-state index in [9.17, 15) is 4.39 Å². The molecule has 0 radical (unpaired) electrons. The highest BCUT2D eigenvalue weighted by Crippen LogP contribution is 2.27. The van der Waals surface area contributed by atoms with E-state index in [1.165, 1.54) is 6.07 Å². The molecule has 0 amide bonds. The van der Waals surface area contributed by atoms with Crippen LogP contribution in [0.4, 0.5) is 4.39 Å². The van der Waals surface area contributed by atoms with E-state index in [0.29, 0.717) is 36.2 Å². The summed E-state index contributed by atoms with van der Waals surface area (Å²) in [6.07, 6.45) is 4.88. The van der Waals surface area contributed by atoms with Gasteiger partial charge in [-0.15, -0.1) is 24.0 Å². The first-order chi connectivity index (χ1) is 14.1. The predicted octanol–water partition coefficient (Wildman–Crippen LogP) is 3.51. The molecule has 0 bridgehead atoms. The number of methoxy groups -OCH3 is 2. The maximum atomic E-state index is 14.4. The Balaban J connectivity index is 0.00000320. The molecule has 2 aromatic carbocycles. The SMILES string of the molecule is CN=C(NCc1ccc(-n2ccnc2)c(F)c1)NCc1ccc(OC)c(OC)c1.I. The van der Waals surface area contributed by atoms with Crippen LogP contribution in [0.1, 0.15) is 11.1 Å². The van der Waals surface area contributed by atoms with Crippen molar-refractivity contribution in [1.29, 1.82) is 0 Å². The van der Waals surface area contributed by atoms with Gasteiger partial charge >= 0.3 is 0 Å². The van der Waals surface area contributed by atoms with Crippen LogP contribution in [0.3, 0.4) is 0 Å². The minimum atomic E-state index is -0.310. The minimum Gasteiger partial charge on any atom is -0.493 e. The number of ether oxygens (including phenoxy) is 2. The van der Waals surface area contributed by atoms with Crippen molar-refractivity contribution in [3.05, 3.63) is 72.1 Å². The molecule has 2 N–H and O–H groups in total. The van der Waals surface area contributed by atoms with Gasteiger partial charge in [0.25, 0.3) is 0 Å². The summed E-state index contributed by atoms with van der Waals surface area (Å²) >= 11 is 0. The molecule has 0 aliphatic carbocycles. The molecule has 30 heavy (non-hydrogen) atoms. The summed E-state index contributed by atoms with van der Waals surface area (Å²) < 4.78 is 26.6. The molecule has 7 nitrogen and oxygen atoms in total. The summed E-state index contributed by atoms with van der Waals surface area (Å²) in [5, 5.41) is 6.42. The standard InChI is InChI=1S/C21H24FN5O2.HI/c1-23-21(26-13-16-5-7-19(28-2)20(11-16)29-3)25-12-15-4-6-18(17(22)10-15)27-9-8-24-14-27;/h4-11,14H,12-13H2,1-3H3,(H2,23,25,26);1H. The van der Waals surface area contributed by atoms with E-state index >= 15 is 0 Å². The summed E-state index contributed by atoms with van der Waals surface area (Å²) in [6.45, 7) is 0.987. The van der Waals surface area contributed by atoms with Gasteiger partial charge in [-0.2, -0.15) is 0 Å². The largest absolute Gasteiger partial charge is 0.493 e. The number of hydrogen-bond donors (Lipinski definition) is 2. The van der Waals surface area contributed by atoms with E-state index in [1.807, 2.05) is 24.3 Å². The maximum absolute atomic E-state index is 14.4. The van der Waals surface area contributed by atoms with Crippen LogP contribution in [0, 0.1) is 5.82 Å². The molecule has 0 aliphatic heterocycles. The van der Waals surface area contributed by atoms with Crippen molar-refractivity contribution in [3.63, 3.8) is 0 Å². The van der Waals surface area contributed by atoms with Gasteiger partial charge in [0.05, 0.1) is 26.2 Å². The van der Waals surface area contributed by atoms with Crippen LogP contribution < -0.4 is 20.1 Å². The molecule has 0 atom stereocenters. The lowest BCUT2D eigenvalue weighted by Gasteiger charge is -2.14. The number of aliphatic imine (C=N–C) groups is 1. The lowest BCUT2D eigenvalue weighted by molar-refractivity contribution is 0.354. The molecule has 9 heteroatoms. The average Bonchev–Trinajstić information content (AvgIpc) is 3.28. The Hall–Kier alpha value is -2.82. The van der Waals surface area contributed by atoms with E-state index in [0.717, 1.165) is 11.1 Å². The van der Waals surface area contributed by atoms with Gasteiger partial charge in [0.1, 0.15) is 5.82 Å². The van der Waals surface area contributed by atoms with Gasteiger partial charge in [0, 0.05) is 32.5 Å². The highest BCUT2D eigenvalue weighted by Gasteiger charge is 2.07. The Morgan fingerprint density at radius 2 is 1.70 bits per heavy atom. The number of rotatable bonds is 7. The third-order valence-corrected chi connectivity index (χ3v) is 4.39. The van der Waals surface area contributed by atoms with E-state index < -0.39 is 0 Å². The van der Waals surface area contributed by atoms with Crippen molar-refractivity contribution in [2.45, 2.75) is 13.1 Å². The van der Waals surface area contributed by atoms with Crippen LogP contribution in [-0.2, 0) is 13.1 Å². The van der Waals surface area contributed by atoms with Crippen LogP contribution in [0.2, 0.25) is 0 Å². The van der Waals surface area contributed by atoms with Crippen molar-refractivity contribution >= 4 is 29.9 Å². The summed E-state index contributed by atoms with van der Waals surface area (Å²) in [5.74, 6) is 1.65. The Morgan fingerprint density at radius 3 is 2.27 bits per heavy atom. The van der Waals surface area contributed by atoms with E-state index in [-0.39, 0.29) is 29.8 Å². The van der Waals surface area contributed by atoms with E-state index in [1.54, 1.807) is 50.6 Å². The van der Waals surface area contributed by atoms with E-state index in [4.69, 9.17) is 9.47 Å². The molecular weight excluding hydrogens is 500 g/mol. The van der Waals surface area contributed by atoms with Gasteiger partial charge < -0.3 is 24.7 Å². The Morgan fingerprint density at radius 1 is 1.03 bits per heavy atom. The van der Waals surface area contributed by atoms with Crippen LogP contribution in [0.25, 0.3) is 5.69 Å². The van der Waals surface area contributed by atoms with Crippen LogP contribution >= 0.6 is 24.0 Å². The van der Waals surface area contributed by atoms with Crippen LogP contribution in [0.5, 0.6) is 11.5 Å². The highest BCUT2D eigenvalue weighted by molar-refractivity contribution is 14.0. The first-order valence-electron chi connectivity index (χ1n) is 9.06. The molecule has 1 aromatic heterocycles. The zero-order valence-electron chi connectivity index (χ0n) is 17.1. The molecule has 1 heterocycles. The fraction of sp³-hybridized carbons (Fsp3) is 0.238. The van der Waals surface area contributed by atoms with Crippen molar-refractivity contribution in [2.75, 3.05) is 21.3 Å². The predicted molar refractivity (Wildman–Crippen MR) is 126 cm³/mol. The van der Waals surface area contributed by atoms with Gasteiger partial charge in [-0.3, -0.25) is 4.99 Å². The lowest BCUT2D eigenvalue weighted by Crippen LogP contribution is -2.36. The summed E-state index contributed by atoms with van der Waals surface area (Å²) in [5.41, 5.74) is 2.28. The molecule has 0 aliphatic rings. The number of hydrogen-bond acceptors (Lipinski definition) is 4. The molecule has 0 saturated carbocycles. The minimum absolute atomic E-state index is 0. The summed E-state index contributed by atoms with van der Waals surface area (Å²) in [7, 11) is 4.89. The quantitative estimate of drug-likeness (QED) is 0.281. The second-order valence-corrected chi connectivity index (χ2v) is 6.22. The number of aromatic nitrogens is 2. The van der Waals surface area contributed by atoms with Gasteiger partial charge in [-0.05, 0) is 35.4 Å². The number of nitrogens with one attached hydrogen (secondary N) is 2. The topological polar surface area (TPSA) is 72.7 Å². The normalized spacial score (nSPS) is 10.9. The number of halogens is 2. The third-order valence-electron chi connectivity index (χ3n) is 4.39. The molecule has 0 unspecified atom stereocenters. The number of benzene rings is 2. The zero-order valence-corrected chi connectivity index (χ0v) is 19.4. The molecule has 3 aromatic rings. The van der Waals surface area contributed by atoms with Crippen molar-refractivity contribution < 1.29 is 13.9 Å². The molecule has 0 fully saturated rings. The third kappa shape index (κ3) is 5.85.